The van der Waals surface area contributed by atoms with Gasteiger partial charge >= 0.3 is 5.97 Å². The summed E-state index contributed by atoms with van der Waals surface area (Å²) in [6, 6.07) is 0. The first-order valence-electron chi connectivity index (χ1n) is 4.39. The molecule has 0 heterocycles. The number of methoxy groups -OCH3 is 1. The number of rotatable bonds is 6. The van der Waals surface area contributed by atoms with Crippen LogP contribution in [-0.4, -0.2) is 31.3 Å². The van der Waals surface area contributed by atoms with E-state index in [0.29, 0.717) is 13.0 Å². The number of esters is 1. The van der Waals surface area contributed by atoms with Crippen LogP contribution in [0.1, 0.15) is 26.2 Å². The van der Waals surface area contributed by atoms with Crippen molar-refractivity contribution in [2.45, 2.75) is 26.2 Å². The van der Waals surface area contributed by atoms with Gasteiger partial charge in [0.15, 0.2) is 0 Å². The van der Waals surface area contributed by atoms with E-state index in [4.69, 9.17) is 0 Å². The highest BCUT2D eigenvalue weighted by atomic mass is 16.5. The average Bonchev–Trinajstić information content (AvgIpc) is 2.10. The third-order valence-electron chi connectivity index (χ3n) is 1.52. The Kier molecular flexibility index (Phi) is 6.36. The van der Waals surface area contributed by atoms with Gasteiger partial charge in [-0.2, -0.15) is 0 Å². The monoisotopic (exact) mass is 201 g/mol. The van der Waals surface area contributed by atoms with Crippen molar-refractivity contribution < 1.29 is 19.1 Å². The lowest BCUT2D eigenvalue weighted by Crippen LogP contribution is -2.26. The fourth-order valence-corrected chi connectivity index (χ4v) is 0.851. The van der Waals surface area contributed by atoms with Crippen LogP contribution in [0.4, 0.5) is 0 Å². The second-order valence-electron chi connectivity index (χ2n) is 2.91. The Bertz CT molecular complexity index is 225. The fourth-order valence-electron chi connectivity index (χ4n) is 0.851. The van der Waals surface area contributed by atoms with Gasteiger partial charge in [0, 0.05) is 13.0 Å². The smallest absolute Gasteiger partial charge is 0.305 e. The molecule has 1 N–H and O–H groups in total. The summed E-state index contributed by atoms with van der Waals surface area (Å²) >= 11 is 0. The van der Waals surface area contributed by atoms with Crippen molar-refractivity contribution in [2.24, 2.45) is 0 Å². The molecule has 0 bridgehead atoms. The molecule has 0 aromatic rings. The number of Topliss-reactive ketones (excluding diaryl/α,β-unsaturated/α-hetero) is 1. The SMILES string of the molecule is COC(=O)CCCNC(=O)CC(C)=O. The Hall–Kier alpha value is -1.39. The number of carbonyl (C=O) groups is 3. The lowest BCUT2D eigenvalue weighted by molar-refractivity contribution is -0.141. The van der Waals surface area contributed by atoms with Crippen LogP contribution in [0.15, 0.2) is 0 Å². The molecule has 0 spiro atoms. The number of amides is 1. The standard InChI is InChI=1S/C9H15NO4/c1-7(11)6-8(12)10-5-3-4-9(13)14-2/h3-6H2,1-2H3,(H,10,12). The molecule has 0 saturated heterocycles. The Morgan fingerprint density at radius 2 is 1.93 bits per heavy atom. The molecule has 80 valence electrons. The summed E-state index contributed by atoms with van der Waals surface area (Å²) in [5.41, 5.74) is 0. The van der Waals surface area contributed by atoms with Gasteiger partial charge in [0.25, 0.3) is 0 Å². The molecule has 0 radical (unpaired) electrons. The third kappa shape index (κ3) is 7.27. The van der Waals surface area contributed by atoms with Crippen LogP contribution >= 0.6 is 0 Å². The zero-order valence-electron chi connectivity index (χ0n) is 8.46. The van der Waals surface area contributed by atoms with Crippen molar-refractivity contribution in [2.75, 3.05) is 13.7 Å². The van der Waals surface area contributed by atoms with Crippen molar-refractivity contribution in [1.82, 2.24) is 5.32 Å². The largest absolute Gasteiger partial charge is 0.469 e. The molecular formula is C9H15NO4. The van der Waals surface area contributed by atoms with Gasteiger partial charge in [-0.3, -0.25) is 14.4 Å². The topological polar surface area (TPSA) is 72.5 Å². The van der Waals surface area contributed by atoms with E-state index in [9.17, 15) is 14.4 Å². The first-order chi connectivity index (χ1) is 6.56. The summed E-state index contributed by atoms with van der Waals surface area (Å²) in [5, 5.41) is 2.53. The molecule has 5 nitrogen and oxygen atoms in total. The van der Waals surface area contributed by atoms with Gasteiger partial charge < -0.3 is 10.1 Å². The summed E-state index contributed by atoms with van der Waals surface area (Å²) in [6.45, 7) is 1.75. The van der Waals surface area contributed by atoms with Gasteiger partial charge in [-0.1, -0.05) is 0 Å². The van der Waals surface area contributed by atoms with Crippen LogP contribution in [0.3, 0.4) is 0 Å². The van der Waals surface area contributed by atoms with E-state index in [1.807, 2.05) is 0 Å². The normalized spacial score (nSPS) is 9.29. The summed E-state index contributed by atoms with van der Waals surface area (Å²) in [4.78, 5) is 32.1. The van der Waals surface area contributed by atoms with Crippen LogP contribution in [0.5, 0.6) is 0 Å². The summed E-state index contributed by atoms with van der Waals surface area (Å²) in [5.74, 6) is -0.774. The van der Waals surface area contributed by atoms with E-state index < -0.39 is 0 Å². The van der Waals surface area contributed by atoms with Crippen molar-refractivity contribution in [1.29, 1.82) is 0 Å². The lowest BCUT2D eigenvalue weighted by atomic mass is 10.3. The van der Waals surface area contributed by atoms with Crippen molar-refractivity contribution in [3.8, 4) is 0 Å². The van der Waals surface area contributed by atoms with Crippen molar-refractivity contribution in [3.63, 3.8) is 0 Å². The minimum atomic E-state index is -0.303. The zero-order chi connectivity index (χ0) is 11.0. The van der Waals surface area contributed by atoms with Gasteiger partial charge in [0.05, 0.1) is 13.5 Å². The lowest BCUT2D eigenvalue weighted by Gasteiger charge is -2.02. The maximum atomic E-state index is 10.9. The van der Waals surface area contributed by atoms with Crippen LogP contribution < -0.4 is 5.32 Å². The number of hydrogen-bond donors (Lipinski definition) is 1. The maximum absolute atomic E-state index is 10.9. The maximum Gasteiger partial charge on any atom is 0.305 e. The van der Waals surface area contributed by atoms with Crippen LogP contribution in [0.2, 0.25) is 0 Å². The first kappa shape index (κ1) is 12.6. The number of hydrogen-bond acceptors (Lipinski definition) is 4. The van der Waals surface area contributed by atoms with Gasteiger partial charge in [0.1, 0.15) is 5.78 Å². The first-order valence-corrected chi connectivity index (χ1v) is 4.39. The second kappa shape index (κ2) is 7.06. The van der Waals surface area contributed by atoms with Gasteiger partial charge in [-0.05, 0) is 13.3 Å². The highest BCUT2D eigenvalue weighted by Crippen LogP contribution is 1.90. The van der Waals surface area contributed by atoms with E-state index in [-0.39, 0.29) is 30.5 Å². The molecule has 0 fully saturated rings. The average molecular weight is 201 g/mol. The molecule has 5 heteroatoms. The second-order valence-corrected chi connectivity index (χ2v) is 2.91. The van der Waals surface area contributed by atoms with Crippen molar-refractivity contribution in [3.05, 3.63) is 0 Å². The predicted molar refractivity (Wildman–Crippen MR) is 49.6 cm³/mol. The van der Waals surface area contributed by atoms with Gasteiger partial charge in [-0.25, -0.2) is 0 Å². The van der Waals surface area contributed by atoms with E-state index in [1.54, 1.807) is 0 Å². The summed E-state index contributed by atoms with van der Waals surface area (Å²) in [7, 11) is 1.32. The zero-order valence-corrected chi connectivity index (χ0v) is 8.46. The van der Waals surface area contributed by atoms with E-state index >= 15 is 0 Å². The molecule has 0 atom stereocenters. The number of ketones is 1. The van der Waals surface area contributed by atoms with E-state index in [0.717, 1.165) is 0 Å². The number of carbonyl (C=O) groups excluding carboxylic acids is 3. The van der Waals surface area contributed by atoms with Crippen LogP contribution in [0.25, 0.3) is 0 Å². The molecule has 0 aliphatic rings. The molecule has 0 unspecified atom stereocenters. The Morgan fingerprint density at radius 1 is 1.29 bits per heavy atom. The highest BCUT2D eigenvalue weighted by molar-refractivity contribution is 5.96. The minimum Gasteiger partial charge on any atom is -0.469 e. The summed E-state index contributed by atoms with van der Waals surface area (Å²) in [6.07, 6.45) is 0.700. The van der Waals surface area contributed by atoms with Crippen molar-refractivity contribution >= 4 is 17.7 Å². The molecule has 0 aliphatic carbocycles. The Balaban J connectivity index is 3.40. The van der Waals surface area contributed by atoms with E-state index in [1.165, 1.54) is 14.0 Å². The number of ether oxygens (including phenoxy) is 1. The summed E-state index contributed by atoms with van der Waals surface area (Å²) < 4.78 is 4.42. The molecule has 0 aliphatic heterocycles. The number of nitrogens with one attached hydrogen (secondary N) is 1. The Morgan fingerprint density at radius 3 is 2.43 bits per heavy atom. The predicted octanol–water partition coefficient (Wildman–Crippen LogP) is 0.0349. The molecule has 0 rings (SSSR count). The van der Waals surface area contributed by atoms with Gasteiger partial charge in [-0.15, -0.1) is 0 Å². The quantitative estimate of drug-likeness (QED) is 0.374. The van der Waals surface area contributed by atoms with Crippen LogP contribution in [-0.2, 0) is 19.1 Å². The molecule has 0 aromatic carbocycles. The van der Waals surface area contributed by atoms with E-state index in [2.05, 4.69) is 10.1 Å². The molecule has 0 saturated carbocycles. The fraction of sp³-hybridized carbons (Fsp3) is 0.667. The molecule has 14 heavy (non-hydrogen) atoms. The minimum absolute atomic E-state index is 0.0990. The third-order valence-corrected chi connectivity index (χ3v) is 1.52. The molecule has 1 amide bonds. The highest BCUT2D eigenvalue weighted by Gasteiger charge is 2.04. The molecule has 0 aromatic heterocycles. The molecular weight excluding hydrogens is 186 g/mol. The van der Waals surface area contributed by atoms with Gasteiger partial charge in [0.2, 0.25) is 5.91 Å². The Labute approximate surface area is 82.8 Å². The van der Waals surface area contributed by atoms with Crippen LogP contribution in [0, 0.1) is 0 Å².